The van der Waals surface area contributed by atoms with Crippen LogP contribution in [-0.2, 0) is 22.3 Å². The maximum Gasteiger partial charge on any atom is 0.155 e. The number of aliphatic hydroxyl groups excluding tert-OH is 2. The van der Waals surface area contributed by atoms with Gasteiger partial charge in [0.25, 0.3) is 0 Å². The summed E-state index contributed by atoms with van der Waals surface area (Å²) in [6.07, 6.45) is 0.668. The second-order valence-electron chi connectivity index (χ2n) is 4.43. The second-order valence-corrected chi connectivity index (χ2v) is 5.17. The van der Waals surface area contributed by atoms with Gasteiger partial charge in [-0.05, 0) is 17.5 Å². The lowest BCUT2D eigenvalue weighted by molar-refractivity contribution is 0.220. The molecular formula is C17H23O4P. The number of aliphatic hydroxyl groups is 2. The topological polar surface area (TPSA) is 58.9 Å². The Morgan fingerprint density at radius 3 is 1.86 bits per heavy atom. The fraction of sp³-hybridized carbons (Fsp3) is 0.294. The molecule has 0 fully saturated rings. The van der Waals surface area contributed by atoms with Crippen LogP contribution in [0.5, 0.6) is 0 Å². The molecule has 0 saturated carbocycles. The molecule has 2 aromatic carbocycles. The largest absolute Gasteiger partial charge is 0.396 e. The fourth-order valence-corrected chi connectivity index (χ4v) is 2.03. The predicted molar refractivity (Wildman–Crippen MR) is 89.6 cm³/mol. The first-order chi connectivity index (χ1) is 10.9. The molecule has 0 saturated heterocycles. The minimum atomic E-state index is 0.0565. The smallest absolute Gasteiger partial charge is 0.155 e. The van der Waals surface area contributed by atoms with Crippen molar-refractivity contribution in [1.29, 1.82) is 0 Å². The highest BCUT2D eigenvalue weighted by molar-refractivity contribution is 7.26. The zero-order chi connectivity index (χ0) is 15.9. The summed E-state index contributed by atoms with van der Waals surface area (Å²) in [5.41, 5.74) is 2.11. The third-order valence-corrected chi connectivity index (χ3v) is 3.21. The Morgan fingerprint density at radius 1 is 0.773 bits per heavy atom. The first-order valence-electron chi connectivity index (χ1n) is 7.15. The van der Waals surface area contributed by atoms with E-state index in [0.717, 1.165) is 11.1 Å². The molecule has 0 aromatic heterocycles. The SMILES string of the molecule is OCCCOPOCc1ccccc1.OCc1ccccc1. The normalized spacial score (nSPS) is 10.5. The van der Waals surface area contributed by atoms with Crippen LogP contribution in [0.25, 0.3) is 0 Å². The van der Waals surface area contributed by atoms with Crippen molar-refractivity contribution in [3.8, 4) is 0 Å². The first kappa shape index (κ1) is 18.8. The van der Waals surface area contributed by atoms with Gasteiger partial charge in [-0.15, -0.1) is 0 Å². The monoisotopic (exact) mass is 322 g/mol. The van der Waals surface area contributed by atoms with Gasteiger partial charge in [0, 0.05) is 6.61 Å². The van der Waals surface area contributed by atoms with E-state index >= 15 is 0 Å². The van der Waals surface area contributed by atoms with Crippen LogP contribution in [0.15, 0.2) is 60.7 Å². The van der Waals surface area contributed by atoms with Gasteiger partial charge in [0.05, 0.1) is 19.8 Å². The van der Waals surface area contributed by atoms with Crippen molar-refractivity contribution in [2.24, 2.45) is 0 Å². The van der Waals surface area contributed by atoms with Crippen LogP contribution in [0.3, 0.4) is 0 Å². The molecule has 0 aliphatic rings. The zero-order valence-electron chi connectivity index (χ0n) is 12.5. The maximum atomic E-state index is 8.54. The Balaban J connectivity index is 0.000000255. The molecule has 2 rings (SSSR count). The van der Waals surface area contributed by atoms with Gasteiger partial charge in [-0.25, -0.2) is 0 Å². The Labute approximate surface area is 133 Å². The molecule has 0 spiro atoms. The molecule has 0 aliphatic carbocycles. The van der Waals surface area contributed by atoms with Crippen molar-refractivity contribution in [2.75, 3.05) is 13.2 Å². The number of benzene rings is 2. The Bertz CT molecular complexity index is 465. The molecule has 2 N–H and O–H groups in total. The van der Waals surface area contributed by atoms with Gasteiger partial charge in [0.2, 0.25) is 0 Å². The van der Waals surface area contributed by atoms with E-state index in [4.69, 9.17) is 19.3 Å². The van der Waals surface area contributed by atoms with Crippen LogP contribution in [-0.4, -0.2) is 23.4 Å². The van der Waals surface area contributed by atoms with E-state index < -0.39 is 0 Å². The highest BCUT2D eigenvalue weighted by atomic mass is 31.1. The minimum Gasteiger partial charge on any atom is -0.396 e. The fourth-order valence-electron chi connectivity index (χ4n) is 1.49. The third kappa shape index (κ3) is 9.61. The average Bonchev–Trinajstić information content (AvgIpc) is 2.60. The summed E-state index contributed by atoms with van der Waals surface area (Å²) in [6, 6.07) is 19.5. The van der Waals surface area contributed by atoms with Gasteiger partial charge in [0.15, 0.2) is 9.03 Å². The Morgan fingerprint density at radius 2 is 1.36 bits per heavy atom. The summed E-state index contributed by atoms with van der Waals surface area (Å²) in [7, 11) is 0.0565. The quantitative estimate of drug-likeness (QED) is 0.578. The molecule has 1 unspecified atom stereocenters. The van der Waals surface area contributed by atoms with Gasteiger partial charge >= 0.3 is 0 Å². The van der Waals surface area contributed by atoms with E-state index in [2.05, 4.69) is 0 Å². The standard InChI is InChI=1S/C10H15O3P.C7H8O/c11-7-4-8-12-14-13-9-10-5-2-1-3-6-10;8-6-7-4-2-1-3-5-7/h1-3,5-6,11,14H,4,7-9H2;1-5,8H,6H2. The van der Waals surface area contributed by atoms with Gasteiger partial charge in [0.1, 0.15) is 0 Å². The van der Waals surface area contributed by atoms with Gasteiger partial charge < -0.3 is 19.3 Å². The lowest BCUT2D eigenvalue weighted by Gasteiger charge is -2.03. The summed E-state index contributed by atoms with van der Waals surface area (Å²) in [4.78, 5) is 0. The molecule has 2 aromatic rings. The van der Waals surface area contributed by atoms with Crippen LogP contribution >= 0.6 is 9.03 Å². The van der Waals surface area contributed by atoms with Crippen LogP contribution < -0.4 is 0 Å². The third-order valence-electron chi connectivity index (χ3n) is 2.63. The average molecular weight is 322 g/mol. The van der Waals surface area contributed by atoms with E-state index in [9.17, 15) is 0 Å². The molecule has 1 atom stereocenters. The van der Waals surface area contributed by atoms with Crippen molar-refractivity contribution in [1.82, 2.24) is 0 Å². The van der Waals surface area contributed by atoms with Crippen molar-refractivity contribution in [3.63, 3.8) is 0 Å². The van der Waals surface area contributed by atoms with E-state index in [0.29, 0.717) is 19.6 Å². The second kappa shape index (κ2) is 13.4. The molecule has 0 radical (unpaired) electrons. The predicted octanol–water partition coefficient (Wildman–Crippen LogP) is 3.29. The zero-order valence-corrected chi connectivity index (χ0v) is 13.5. The molecule has 0 heterocycles. The highest BCUT2D eigenvalue weighted by Crippen LogP contribution is 2.16. The summed E-state index contributed by atoms with van der Waals surface area (Å²) in [5.74, 6) is 0. The van der Waals surface area contributed by atoms with Crippen LogP contribution in [0.1, 0.15) is 17.5 Å². The molecule has 0 bridgehead atoms. The minimum absolute atomic E-state index is 0.0565. The Hall–Kier alpha value is -1.29. The Kier molecular flexibility index (Phi) is 11.4. The van der Waals surface area contributed by atoms with E-state index in [1.165, 1.54) is 0 Å². The van der Waals surface area contributed by atoms with E-state index in [1.807, 2.05) is 60.7 Å². The molecule has 22 heavy (non-hydrogen) atoms. The highest BCUT2D eigenvalue weighted by Gasteiger charge is 1.92. The summed E-state index contributed by atoms with van der Waals surface area (Å²) in [5, 5.41) is 17.0. The molecule has 120 valence electrons. The van der Waals surface area contributed by atoms with Gasteiger partial charge in [-0.1, -0.05) is 60.7 Å². The van der Waals surface area contributed by atoms with Crippen LogP contribution in [0.4, 0.5) is 0 Å². The lowest BCUT2D eigenvalue weighted by Crippen LogP contribution is -1.91. The van der Waals surface area contributed by atoms with Crippen LogP contribution in [0.2, 0.25) is 0 Å². The van der Waals surface area contributed by atoms with Gasteiger partial charge in [-0.3, -0.25) is 0 Å². The molecule has 5 heteroatoms. The lowest BCUT2D eigenvalue weighted by atomic mass is 10.2. The first-order valence-corrected chi connectivity index (χ1v) is 7.96. The van der Waals surface area contributed by atoms with Crippen molar-refractivity contribution in [2.45, 2.75) is 19.6 Å². The molecule has 4 nitrogen and oxygen atoms in total. The van der Waals surface area contributed by atoms with E-state index in [1.54, 1.807) is 0 Å². The summed E-state index contributed by atoms with van der Waals surface area (Å²) < 4.78 is 10.4. The van der Waals surface area contributed by atoms with Crippen molar-refractivity contribution >= 4 is 9.03 Å². The summed E-state index contributed by atoms with van der Waals surface area (Å²) in [6.45, 7) is 1.45. The van der Waals surface area contributed by atoms with E-state index in [-0.39, 0.29) is 22.2 Å². The van der Waals surface area contributed by atoms with Crippen LogP contribution in [0, 0.1) is 0 Å². The van der Waals surface area contributed by atoms with Crippen molar-refractivity contribution < 1.29 is 19.3 Å². The van der Waals surface area contributed by atoms with Crippen molar-refractivity contribution in [3.05, 3.63) is 71.8 Å². The molecule has 0 aliphatic heterocycles. The molecular weight excluding hydrogens is 299 g/mol. The summed E-state index contributed by atoms with van der Waals surface area (Å²) >= 11 is 0. The number of hydrogen-bond acceptors (Lipinski definition) is 4. The maximum absolute atomic E-state index is 8.54. The molecule has 0 amide bonds. The number of hydrogen-bond donors (Lipinski definition) is 2. The van der Waals surface area contributed by atoms with Gasteiger partial charge in [-0.2, -0.15) is 0 Å². The number of rotatable bonds is 8.